The van der Waals surface area contributed by atoms with Gasteiger partial charge in [-0.15, -0.1) is 0 Å². The summed E-state index contributed by atoms with van der Waals surface area (Å²) in [6.07, 6.45) is 7.37. The molecule has 2 aromatic carbocycles. The number of carbonyl (C=O) groups excluding carboxylic acids is 2. The van der Waals surface area contributed by atoms with Crippen LogP contribution in [0.3, 0.4) is 0 Å². The minimum atomic E-state index is -0.109. The third-order valence-corrected chi connectivity index (χ3v) is 7.03. The molecule has 6 heteroatoms. The number of halogens is 1. The summed E-state index contributed by atoms with van der Waals surface area (Å²) >= 11 is 6.08. The zero-order valence-corrected chi connectivity index (χ0v) is 20.2. The van der Waals surface area contributed by atoms with E-state index in [0.29, 0.717) is 41.8 Å². The number of benzene rings is 2. The van der Waals surface area contributed by atoms with Crippen LogP contribution in [0, 0.1) is 0 Å². The molecule has 5 nitrogen and oxygen atoms in total. The summed E-state index contributed by atoms with van der Waals surface area (Å²) in [4.78, 5) is 30.0. The van der Waals surface area contributed by atoms with Crippen LogP contribution in [0.1, 0.15) is 77.3 Å². The molecule has 1 atom stereocenters. The second kappa shape index (κ2) is 11.2. The number of likely N-dealkylation sites (tertiary alicyclic amines) is 1. The first-order valence-corrected chi connectivity index (χ1v) is 12.6. The minimum Gasteiger partial charge on any atom is -0.352 e. The van der Waals surface area contributed by atoms with Gasteiger partial charge >= 0.3 is 0 Å². The Morgan fingerprint density at radius 1 is 1.18 bits per heavy atom. The lowest BCUT2D eigenvalue weighted by molar-refractivity contribution is 0.0766. The summed E-state index contributed by atoms with van der Waals surface area (Å²) in [5.41, 5.74) is 3.14. The molecule has 1 N–H and O–H groups in total. The number of hydrogen-bond donors (Lipinski definition) is 1. The number of hydrogen-bond acceptors (Lipinski definition) is 3. The molecule has 0 radical (unpaired) electrons. The Morgan fingerprint density at radius 3 is 2.88 bits per heavy atom. The first-order chi connectivity index (χ1) is 16.0. The molecule has 1 saturated heterocycles. The summed E-state index contributed by atoms with van der Waals surface area (Å²) in [6, 6.07) is 13.7. The van der Waals surface area contributed by atoms with Gasteiger partial charge in [0, 0.05) is 48.4 Å². The van der Waals surface area contributed by atoms with Crippen LogP contribution in [0.15, 0.2) is 42.5 Å². The third kappa shape index (κ3) is 5.96. The molecule has 0 bridgehead atoms. The lowest BCUT2D eigenvalue weighted by atomic mass is 9.98. The maximum Gasteiger partial charge on any atom is 0.254 e. The predicted molar refractivity (Wildman–Crippen MR) is 133 cm³/mol. The molecule has 0 aliphatic carbocycles. The maximum absolute atomic E-state index is 12.9. The summed E-state index contributed by atoms with van der Waals surface area (Å²) in [6.45, 7) is 6.18. The smallest absolute Gasteiger partial charge is 0.254 e. The molecule has 2 aromatic rings. The van der Waals surface area contributed by atoms with Crippen molar-refractivity contribution in [1.82, 2.24) is 15.1 Å². The molecule has 0 spiro atoms. The SMILES string of the molecule is CCCC1CCCCN1CCCNC(=O)c1ccc2c(c1)C(=O)N(Cc1cccc(Cl)c1)C2. The average molecular weight is 468 g/mol. The molecular weight excluding hydrogens is 434 g/mol. The van der Waals surface area contributed by atoms with E-state index in [1.807, 2.05) is 36.4 Å². The van der Waals surface area contributed by atoms with Crippen LogP contribution in [0.5, 0.6) is 0 Å². The van der Waals surface area contributed by atoms with Crippen molar-refractivity contribution in [2.45, 2.75) is 64.6 Å². The number of piperidine rings is 1. The minimum absolute atomic E-state index is 0.0355. The molecule has 176 valence electrons. The van der Waals surface area contributed by atoms with Crippen LogP contribution in [0.2, 0.25) is 5.02 Å². The van der Waals surface area contributed by atoms with E-state index in [9.17, 15) is 9.59 Å². The molecule has 4 rings (SSSR count). The molecule has 2 amide bonds. The fourth-order valence-electron chi connectivity index (χ4n) is 5.09. The highest BCUT2D eigenvalue weighted by Gasteiger charge is 2.28. The Balaban J connectivity index is 1.29. The Morgan fingerprint density at radius 2 is 2.06 bits per heavy atom. The lowest BCUT2D eigenvalue weighted by Gasteiger charge is -2.35. The molecular formula is C27H34ClN3O2. The van der Waals surface area contributed by atoms with E-state index in [-0.39, 0.29) is 11.8 Å². The van der Waals surface area contributed by atoms with Gasteiger partial charge in [-0.2, -0.15) is 0 Å². The van der Waals surface area contributed by atoms with Crippen LogP contribution < -0.4 is 5.32 Å². The summed E-state index contributed by atoms with van der Waals surface area (Å²) in [7, 11) is 0. The number of rotatable bonds is 9. The number of nitrogens with zero attached hydrogens (tertiary/aromatic N) is 2. The van der Waals surface area contributed by atoms with Gasteiger partial charge in [0.15, 0.2) is 0 Å². The molecule has 33 heavy (non-hydrogen) atoms. The lowest BCUT2D eigenvalue weighted by Crippen LogP contribution is -2.41. The van der Waals surface area contributed by atoms with Crippen LogP contribution >= 0.6 is 11.6 Å². The quantitative estimate of drug-likeness (QED) is 0.511. The fourth-order valence-corrected chi connectivity index (χ4v) is 5.30. The van der Waals surface area contributed by atoms with Crippen molar-refractivity contribution in [3.63, 3.8) is 0 Å². The van der Waals surface area contributed by atoms with Crippen molar-refractivity contribution in [3.8, 4) is 0 Å². The molecule has 1 fully saturated rings. The summed E-state index contributed by atoms with van der Waals surface area (Å²) in [5.74, 6) is -0.144. The first-order valence-electron chi connectivity index (χ1n) is 12.2. The Bertz CT molecular complexity index is 991. The van der Waals surface area contributed by atoms with Crippen LogP contribution in [0.4, 0.5) is 0 Å². The highest BCUT2D eigenvalue weighted by Crippen LogP contribution is 2.26. The Kier molecular flexibility index (Phi) is 8.05. The van der Waals surface area contributed by atoms with Crippen molar-refractivity contribution < 1.29 is 9.59 Å². The second-order valence-electron chi connectivity index (χ2n) is 9.25. The number of amides is 2. The van der Waals surface area contributed by atoms with Gasteiger partial charge in [0.2, 0.25) is 0 Å². The highest BCUT2D eigenvalue weighted by molar-refractivity contribution is 6.30. The van der Waals surface area contributed by atoms with E-state index in [1.54, 1.807) is 11.0 Å². The largest absolute Gasteiger partial charge is 0.352 e. The number of fused-ring (bicyclic) bond motifs is 1. The van der Waals surface area contributed by atoms with Crippen LogP contribution in [-0.4, -0.2) is 47.3 Å². The third-order valence-electron chi connectivity index (χ3n) is 6.79. The monoisotopic (exact) mass is 467 g/mol. The number of nitrogens with one attached hydrogen (secondary N) is 1. The molecule has 0 aromatic heterocycles. The van der Waals surface area contributed by atoms with Crippen molar-refractivity contribution in [3.05, 3.63) is 69.7 Å². The van der Waals surface area contributed by atoms with Gasteiger partial charge < -0.3 is 15.1 Å². The van der Waals surface area contributed by atoms with Crippen molar-refractivity contribution >= 4 is 23.4 Å². The maximum atomic E-state index is 12.9. The van der Waals surface area contributed by atoms with Crippen molar-refractivity contribution in [2.24, 2.45) is 0 Å². The molecule has 1 unspecified atom stereocenters. The molecule has 2 heterocycles. The van der Waals surface area contributed by atoms with Crippen LogP contribution in [-0.2, 0) is 13.1 Å². The van der Waals surface area contributed by atoms with E-state index < -0.39 is 0 Å². The van der Waals surface area contributed by atoms with E-state index in [4.69, 9.17) is 11.6 Å². The summed E-state index contributed by atoms with van der Waals surface area (Å²) < 4.78 is 0. The normalized spacial score (nSPS) is 18.4. The first kappa shape index (κ1) is 23.8. The van der Waals surface area contributed by atoms with Crippen molar-refractivity contribution in [2.75, 3.05) is 19.6 Å². The van der Waals surface area contributed by atoms with Crippen molar-refractivity contribution in [1.29, 1.82) is 0 Å². The van der Waals surface area contributed by atoms with E-state index in [0.717, 1.165) is 24.1 Å². The zero-order valence-electron chi connectivity index (χ0n) is 19.5. The van der Waals surface area contributed by atoms with Gasteiger partial charge in [-0.25, -0.2) is 0 Å². The van der Waals surface area contributed by atoms with Gasteiger partial charge in [0.25, 0.3) is 11.8 Å². The second-order valence-corrected chi connectivity index (χ2v) is 9.68. The highest BCUT2D eigenvalue weighted by atomic mass is 35.5. The van der Waals surface area contributed by atoms with Gasteiger partial charge in [-0.3, -0.25) is 9.59 Å². The van der Waals surface area contributed by atoms with Gasteiger partial charge in [0.05, 0.1) is 0 Å². The Hall–Kier alpha value is -2.37. The van der Waals surface area contributed by atoms with Gasteiger partial charge in [0.1, 0.15) is 0 Å². The zero-order chi connectivity index (χ0) is 23.2. The van der Waals surface area contributed by atoms with Gasteiger partial charge in [-0.05, 0) is 67.6 Å². The molecule has 2 aliphatic rings. The molecule has 2 aliphatic heterocycles. The molecule has 0 saturated carbocycles. The van der Waals surface area contributed by atoms with E-state index in [2.05, 4.69) is 17.1 Å². The standard InChI is InChI=1S/C27H34ClN3O2/c1-2-7-24-10-3-4-14-30(24)15-6-13-29-26(32)21-11-12-22-19-31(27(33)25(22)17-21)18-20-8-5-9-23(28)16-20/h5,8-9,11-12,16-17,24H,2-4,6-7,10,13-15,18-19H2,1H3,(H,29,32). The van der Waals surface area contributed by atoms with Gasteiger partial charge in [-0.1, -0.05) is 49.6 Å². The Labute approximate surface area is 202 Å². The number of carbonyl (C=O) groups is 2. The topological polar surface area (TPSA) is 52.7 Å². The summed E-state index contributed by atoms with van der Waals surface area (Å²) in [5, 5.41) is 3.71. The van der Waals surface area contributed by atoms with Crippen LogP contribution in [0.25, 0.3) is 0 Å². The average Bonchev–Trinajstić information content (AvgIpc) is 3.12. The predicted octanol–water partition coefficient (Wildman–Crippen LogP) is 5.27. The van der Waals surface area contributed by atoms with E-state index in [1.165, 1.54) is 38.6 Å². The fraction of sp³-hybridized carbons (Fsp3) is 0.481. The van der Waals surface area contributed by atoms with E-state index >= 15 is 0 Å².